The molecule has 0 bridgehead atoms. The monoisotopic (exact) mass is 464 g/mol. The molecule has 0 spiro atoms. The number of fused-ring (bicyclic) bond motifs is 1. The summed E-state index contributed by atoms with van der Waals surface area (Å²) >= 11 is 0. The first-order chi connectivity index (χ1) is 14.5. The van der Waals surface area contributed by atoms with Gasteiger partial charge in [-0.3, -0.25) is 4.57 Å². The first-order valence-corrected chi connectivity index (χ1v) is 10.6. The fourth-order valence-corrected chi connectivity index (χ4v) is 4.26. The third-order valence-corrected chi connectivity index (χ3v) is 5.44. The Morgan fingerprint density at radius 1 is 1.39 bits per heavy atom. The quantitative estimate of drug-likeness (QED) is 0.552. The maximum absolute atomic E-state index is 16.0. The summed E-state index contributed by atoms with van der Waals surface area (Å²) in [5, 5.41) is 0. The second-order valence-corrected chi connectivity index (χ2v) is 8.22. The molecule has 1 saturated heterocycles. The first kappa shape index (κ1) is 23.6. The Morgan fingerprint density at radius 2 is 2.10 bits per heavy atom. The lowest BCUT2D eigenvalue weighted by Crippen LogP contribution is -2.47. The minimum Gasteiger partial charge on any atom is -0.476 e. The van der Waals surface area contributed by atoms with Crippen molar-refractivity contribution < 1.29 is 36.6 Å². The molecule has 2 aromatic heterocycles. The van der Waals surface area contributed by atoms with Gasteiger partial charge in [0, 0.05) is 11.7 Å². The van der Waals surface area contributed by atoms with Gasteiger partial charge < -0.3 is 19.9 Å². The van der Waals surface area contributed by atoms with Crippen LogP contribution in [-0.4, -0.2) is 63.6 Å². The van der Waals surface area contributed by atoms with E-state index >= 15 is 8.78 Å². The predicted molar refractivity (Wildman–Crippen MR) is 105 cm³/mol. The van der Waals surface area contributed by atoms with E-state index in [1.165, 1.54) is 13.4 Å². The number of nitrogens with two attached hydrogens (primary N) is 1. The Labute approximate surface area is 178 Å². The minimum atomic E-state index is -2.84. The topological polar surface area (TPSA) is 133 Å². The lowest BCUT2D eigenvalue weighted by Gasteiger charge is -2.24. The van der Waals surface area contributed by atoms with Gasteiger partial charge in [-0.25, -0.2) is 13.8 Å². The Balaban J connectivity index is 2.05. The van der Waals surface area contributed by atoms with E-state index in [4.69, 9.17) is 29.0 Å². The van der Waals surface area contributed by atoms with Crippen LogP contribution >= 0.6 is 8.25 Å². The summed E-state index contributed by atoms with van der Waals surface area (Å²) in [5.41, 5.74) is 3.44. The number of alkyl halides is 2. The third-order valence-electron chi connectivity index (χ3n) is 4.46. The van der Waals surface area contributed by atoms with Crippen molar-refractivity contribution in [1.29, 1.82) is 0 Å². The molecule has 1 aliphatic heterocycles. The molecule has 3 rings (SSSR count). The number of ether oxygens (including phenoxy) is 3. The molecule has 1 fully saturated rings. The molecule has 0 saturated carbocycles. The van der Waals surface area contributed by atoms with Crippen LogP contribution in [0.15, 0.2) is 6.33 Å². The van der Waals surface area contributed by atoms with Gasteiger partial charge in [-0.15, -0.1) is 9.05 Å². The van der Waals surface area contributed by atoms with E-state index in [0.717, 1.165) is 11.5 Å². The molecule has 3 heterocycles. The van der Waals surface area contributed by atoms with E-state index in [1.54, 1.807) is 20.8 Å². The minimum absolute atomic E-state index is 0.0630. The van der Waals surface area contributed by atoms with Gasteiger partial charge in [-0.2, -0.15) is 9.97 Å². The summed E-state index contributed by atoms with van der Waals surface area (Å²) in [5.74, 6) is -2.85. The zero-order chi connectivity index (χ0) is 23.0. The molecule has 1 aliphatic rings. The summed E-state index contributed by atoms with van der Waals surface area (Å²) in [6.07, 6.45) is -2.85. The molecule has 31 heavy (non-hydrogen) atoms. The Hall–Kier alpha value is -2.05. The maximum Gasteiger partial charge on any atom is 0.698 e. The molecule has 0 aliphatic carbocycles. The fraction of sp³-hybridized carbons (Fsp3) is 0.706. The highest BCUT2D eigenvalue weighted by molar-refractivity contribution is 7.33. The third kappa shape index (κ3) is 4.46. The average Bonchev–Trinajstić information content (AvgIpc) is 3.14. The molecule has 2 N–H and O–H groups in total. The van der Waals surface area contributed by atoms with Crippen LogP contribution in [0.2, 0.25) is 0 Å². The highest BCUT2D eigenvalue weighted by Gasteiger charge is 2.69. The maximum atomic E-state index is 16.0. The van der Waals surface area contributed by atoms with Crippen LogP contribution in [0.25, 0.3) is 11.2 Å². The van der Waals surface area contributed by atoms with Crippen molar-refractivity contribution in [3.63, 3.8) is 0 Å². The highest BCUT2D eigenvalue weighted by atomic mass is 31.1. The highest BCUT2D eigenvalue weighted by Crippen LogP contribution is 2.52. The summed E-state index contributed by atoms with van der Waals surface area (Å²) in [4.78, 5) is 12.2. The van der Waals surface area contributed by atoms with E-state index in [1.807, 2.05) is 0 Å². The second kappa shape index (κ2) is 8.83. The normalized spacial score (nSPS) is 29.1. The number of rotatable bonds is 9. The number of imidazole rings is 1. The fourth-order valence-electron chi connectivity index (χ4n) is 3.33. The van der Waals surface area contributed by atoms with Gasteiger partial charge >= 0.3 is 8.25 Å². The molecule has 0 aromatic carbocycles. The van der Waals surface area contributed by atoms with Crippen LogP contribution in [0.3, 0.4) is 0 Å². The molecule has 2 aromatic rings. The van der Waals surface area contributed by atoms with Crippen LogP contribution in [0.5, 0.6) is 5.88 Å². The van der Waals surface area contributed by atoms with Crippen LogP contribution in [0.4, 0.5) is 14.7 Å². The molecule has 0 radical (unpaired) electrons. The molecule has 0 amide bonds. The number of anilines is 1. The number of methoxy groups -OCH3 is 1. The predicted octanol–water partition coefficient (Wildman–Crippen LogP) is 2.84. The van der Waals surface area contributed by atoms with Gasteiger partial charge in [-0.1, -0.05) is 0 Å². The van der Waals surface area contributed by atoms with Crippen molar-refractivity contribution in [1.82, 2.24) is 19.5 Å². The second-order valence-electron chi connectivity index (χ2n) is 7.35. The van der Waals surface area contributed by atoms with Crippen molar-refractivity contribution in [2.24, 2.45) is 0 Å². The van der Waals surface area contributed by atoms with Gasteiger partial charge in [0.2, 0.25) is 17.9 Å². The van der Waals surface area contributed by atoms with E-state index in [2.05, 4.69) is 15.0 Å². The summed E-state index contributed by atoms with van der Waals surface area (Å²) in [7, 11) is -1.63. The van der Waals surface area contributed by atoms with Gasteiger partial charge in [0.25, 0.3) is 5.85 Å². The SMILES string of the molecule is CCOc1nc(N)nc2c1ncn2[C@@H]1O[C@](F)(COC)[C@@H](O[P+](=O)OC(C)C)[C@@]1(C)F. The first-order valence-electron chi connectivity index (χ1n) is 9.51. The standard InChI is InChI=1S/C17H25F2N5O6P/c1-6-27-12-10-11(22-15(20)23-12)24(8-21-10)14-16(4,18)13(17(19,28-14)7-26-5)30-31(25)29-9(2)3/h8-9,13-14H,6-7H2,1-5H3,(H2,20,22,23)/q+1/t13-,14+,16+,17+/m0/s1. The molecule has 14 heteroatoms. The molecular formula is C17H25F2N5O6P+. The Kier molecular flexibility index (Phi) is 6.72. The van der Waals surface area contributed by atoms with E-state index in [9.17, 15) is 4.57 Å². The number of nitrogen functional groups attached to an aromatic ring is 1. The van der Waals surface area contributed by atoms with Gasteiger partial charge in [0.1, 0.15) is 12.7 Å². The number of hydrogen-bond donors (Lipinski definition) is 1. The van der Waals surface area contributed by atoms with Crippen LogP contribution in [-0.2, 0) is 23.1 Å². The van der Waals surface area contributed by atoms with E-state index in [0.29, 0.717) is 0 Å². The summed E-state index contributed by atoms with van der Waals surface area (Å²) in [6.45, 7) is 5.59. The van der Waals surface area contributed by atoms with Crippen LogP contribution in [0.1, 0.15) is 33.9 Å². The average molecular weight is 464 g/mol. The van der Waals surface area contributed by atoms with Crippen molar-refractivity contribution >= 4 is 25.4 Å². The molecule has 172 valence electrons. The van der Waals surface area contributed by atoms with Gasteiger partial charge in [0.15, 0.2) is 23.1 Å². The lowest BCUT2D eigenvalue weighted by molar-refractivity contribution is -0.207. The number of hydrogen-bond acceptors (Lipinski definition) is 10. The number of nitrogens with zero attached hydrogens (tertiary/aromatic N) is 4. The largest absolute Gasteiger partial charge is 0.698 e. The Morgan fingerprint density at radius 3 is 2.71 bits per heavy atom. The van der Waals surface area contributed by atoms with Crippen LogP contribution < -0.4 is 10.5 Å². The Bertz CT molecular complexity index is 960. The van der Waals surface area contributed by atoms with E-state index < -0.39 is 44.8 Å². The molecular weight excluding hydrogens is 439 g/mol. The van der Waals surface area contributed by atoms with E-state index in [-0.39, 0.29) is 29.6 Å². The zero-order valence-corrected chi connectivity index (χ0v) is 18.6. The molecule has 11 nitrogen and oxygen atoms in total. The van der Waals surface area contributed by atoms with Crippen molar-refractivity contribution in [3.05, 3.63) is 6.33 Å². The van der Waals surface area contributed by atoms with Gasteiger partial charge in [-0.05, 0) is 27.7 Å². The zero-order valence-electron chi connectivity index (χ0n) is 17.7. The smallest absolute Gasteiger partial charge is 0.476 e. The van der Waals surface area contributed by atoms with Crippen molar-refractivity contribution in [2.75, 3.05) is 26.1 Å². The summed E-state index contributed by atoms with van der Waals surface area (Å²) in [6, 6.07) is 0. The van der Waals surface area contributed by atoms with Crippen LogP contribution in [0, 0.1) is 0 Å². The van der Waals surface area contributed by atoms with Crippen molar-refractivity contribution in [2.45, 2.75) is 57.7 Å². The summed E-state index contributed by atoms with van der Waals surface area (Å²) < 4.78 is 70.9. The molecule has 1 unspecified atom stereocenters. The van der Waals surface area contributed by atoms with Crippen molar-refractivity contribution in [3.8, 4) is 5.88 Å². The lowest BCUT2D eigenvalue weighted by atomic mass is 9.97. The number of halogens is 2. The molecule has 5 atom stereocenters. The number of aromatic nitrogens is 4. The van der Waals surface area contributed by atoms with Gasteiger partial charge in [0.05, 0.1) is 12.9 Å².